The molecule has 0 aromatic rings. The molecular weight excluding hydrogens is 164 g/mol. The molecule has 0 aromatic heterocycles. The van der Waals surface area contributed by atoms with E-state index >= 15 is 0 Å². The quantitative estimate of drug-likeness (QED) is 0.569. The summed E-state index contributed by atoms with van der Waals surface area (Å²) < 4.78 is 5.52. The van der Waals surface area contributed by atoms with E-state index in [2.05, 4.69) is 12.2 Å². The molecule has 0 amide bonds. The molecule has 13 heavy (non-hydrogen) atoms. The Morgan fingerprint density at radius 3 is 2.77 bits per heavy atom. The van der Waals surface area contributed by atoms with Crippen LogP contribution in [0.1, 0.15) is 19.3 Å². The van der Waals surface area contributed by atoms with Crippen LogP contribution in [0.5, 0.6) is 0 Å². The Morgan fingerprint density at radius 1 is 1.31 bits per heavy atom. The van der Waals surface area contributed by atoms with Crippen LogP contribution in [0.2, 0.25) is 0 Å². The molecule has 2 fully saturated rings. The molecule has 2 heteroatoms. The third kappa shape index (κ3) is 1.16. The van der Waals surface area contributed by atoms with E-state index < -0.39 is 0 Å². The molecule has 1 saturated heterocycles. The minimum absolute atomic E-state index is 0.243. The molecule has 2 nitrogen and oxygen atoms in total. The summed E-state index contributed by atoms with van der Waals surface area (Å²) in [7, 11) is 0. The van der Waals surface area contributed by atoms with E-state index in [9.17, 15) is 4.79 Å². The van der Waals surface area contributed by atoms with Gasteiger partial charge in [-0.25, -0.2) is 0 Å². The molecular formula is C11H14O2. The second-order valence-electron chi connectivity index (χ2n) is 4.54. The standard InChI is InChI=1S/C11H14O2/c12-9-5-11(13-6-9)10-4-7-1-2-8(10)3-7/h1-2,7-8,10-11H,3-6H2. The van der Waals surface area contributed by atoms with Gasteiger partial charge in [-0.05, 0) is 30.6 Å². The van der Waals surface area contributed by atoms with Crippen LogP contribution in [0.3, 0.4) is 0 Å². The Hall–Kier alpha value is -0.630. The zero-order valence-electron chi connectivity index (χ0n) is 7.61. The molecule has 0 aromatic carbocycles. The van der Waals surface area contributed by atoms with E-state index in [0.717, 1.165) is 5.92 Å². The number of ketones is 1. The number of Topliss-reactive ketones (excluding diaryl/α,β-unsaturated/α-hetero) is 1. The van der Waals surface area contributed by atoms with Crippen LogP contribution in [-0.2, 0) is 9.53 Å². The van der Waals surface area contributed by atoms with E-state index in [1.807, 2.05) is 0 Å². The van der Waals surface area contributed by atoms with Crippen molar-refractivity contribution >= 4 is 5.78 Å². The zero-order valence-corrected chi connectivity index (χ0v) is 7.61. The highest BCUT2D eigenvalue weighted by atomic mass is 16.5. The fourth-order valence-corrected chi connectivity index (χ4v) is 3.07. The first-order valence-electron chi connectivity index (χ1n) is 5.14. The van der Waals surface area contributed by atoms with Crippen molar-refractivity contribution in [2.45, 2.75) is 25.4 Å². The van der Waals surface area contributed by atoms with Crippen molar-refractivity contribution < 1.29 is 9.53 Å². The van der Waals surface area contributed by atoms with Crippen molar-refractivity contribution in [3.05, 3.63) is 12.2 Å². The Balaban J connectivity index is 1.73. The predicted molar refractivity (Wildman–Crippen MR) is 48.2 cm³/mol. The van der Waals surface area contributed by atoms with Gasteiger partial charge in [0.15, 0.2) is 5.78 Å². The third-order valence-corrected chi connectivity index (χ3v) is 3.70. The minimum Gasteiger partial charge on any atom is -0.370 e. The lowest BCUT2D eigenvalue weighted by molar-refractivity contribution is -0.117. The number of carbonyl (C=O) groups is 1. The van der Waals surface area contributed by atoms with Gasteiger partial charge < -0.3 is 4.74 Å². The van der Waals surface area contributed by atoms with Gasteiger partial charge in [0.25, 0.3) is 0 Å². The fraction of sp³-hybridized carbons (Fsp3) is 0.727. The van der Waals surface area contributed by atoms with Crippen molar-refractivity contribution in [2.75, 3.05) is 6.61 Å². The number of rotatable bonds is 1. The largest absolute Gasteiger partial charge is 0.370 e. The fourth-order valence-electron chi connectivity index (χ4n) is 3.07. The summed E-state index contributed by atoms with van der Waals surface area (Å²) in [5.74, 6) is 2.42. The van der Waals surface area contributed by atoms with Crippen molar-refractivity contribution in [1.29, 1.82) is 0 Å². The SMILES string of the molecule is O=C1COC(C2CC3C=CC2C3)C1. The van der Waals surface area contributed by atoms with Gasteiger partial charge >= 0.3 is 0 Å². The van der Waals surface area contributed by atoms with E-state index in [4.69, 9.17) is 4.74 Å². The zero-order chi connectivity index (χ0) is 8.84. The van der Waals surface area contributed by atoms with Crippen LogP contribution in [0.4, 0.5) is 0 Å². The number of allylic oxidation sites excluding steroid dienone is 2. The second-order valence-corrected chi connectivity index (χ2v) is 4.54. The first kappa shape index (κ1) is 7.74. The summed E-state index contributed by atoms with van der Waals surface area (Å²) in [6, 6.07) is 0. The van der Waals surface area contributed by atoms with Gasteiger partial charge in [0.2, 0.25) is 0 Å². The summed E-state index contributed by atoms with van der Waals surface area (Å²) in [5, 5.41) is 0. The molecule has 0 N–H and O–H groups in total. The van der Waals surface area contributed by atoms with Crippen molar-refractivity contribution in [2.24, 2.45) is 17.8 Å². The molecule has 1 aliphatic heterocycles. The van der Waals surface area contributed by atoms with Gasteiger partial charge in [-0.1, -0.05) is 12.2 Å². The van der Waals surface area contributed by atoms with Gasteiger partial charge in [-0.2, -0.15) is 0 Å². The summed E-state index contributed by atoms with van der Waals surface area (Å²) in [6.07, 6.45) is 8.12. The van der Waals surface area contributed by atoms with Gasteiger partial charge in [0, 0.05) is 6.42 Å². The first-order chi connectivity index (χ1) is 6.33. The highest BCUT2D eigenvalue weighted by molar-refractivity contribution is 5.81. The van der Waals surface area contributed by atoms with E-state index in [0.29, 0.717) is 24.9 Å². The maximum Gasteiger partial charge on any atom is 0.161 e. The number of carbonyl (C=O) groups excluding carboxylic acids is 1. The monoisotopic (exact) mass is 178 g/mol. The van der Waals surface area contributed by atoms with Crippen LogP contribution >= 0.6 is 0 Å². The Kier molecular flexibility index (Phi) is 1.59. The second kappa shape index (κ2) is 2.68. The summed E-state index contributed by atoms with van der Waals surface area (Å²) in [6.45, 7) is 0.363. The molecule has 1 heterocycles. The van der Waals surface area contributed by atoms with Gasteiger partial charge in [0.1, 0.15) is 6.61 Å². The molecule has 0 radical (unpaired) electrons. The number of fused-ring (bicyclic) bond motifs is 2. The van der Waals surface area contributed by atoms with Crippen molar-refractivity contribution in [3.8, 4) is 0 Å². The maximum atomic E-state index is 11.1. The van der Waals surface area contributed by atoms with Crippen LogP contribution in [0.15, 0.2) is 12.2 Å². The first-order valence-corrected chi connectivity index (χ1v) is 5.14. The molecule has 0 spiro atoms. The average Bonchev–Trinajstić information content (AvgIpc) is 2.77. The van der Waals surface area contributed by atoms with Gasteiger partial charge in [0.05, 0.1) is 6.10 Å². The molecule has 4 unspecified atom stereocenters. The Bertz CT molecular complexity index is 269. The lowest BCUT2D eigenvalue weighted by atomic mass is 9.87. The molecule has 70 valence electrons. The highest BCUT2D eigenvalue weighted by Gasteiger charge is 2.42. The van der Waals surface area contributed by atoms with E-state index in [1.165, 1.54) is 12.8 Å². The molecule has 3 aliphatic rings. The normalized spacial score (nSPS) is 47.8. The summed E-state index contributed by atoms with van der Waals surface area (Å²) in [4.78, 5) is 11.1. The smallest absolute Gasteiger partial charge is 0.161 e. The van der Waals surface area contributed by atoms with E-state index in [-0.39, 0.29) is 11.9 Å². The molecule has 2 aliphatic carbocycles. The topological polar surface area (TPSA) is 26.3 Å². The summed E-state index contributed by atoms with van der Waals surface area (Å²) in [5.41, 5.74) is 0. The maximum absolute atomic E-state index is 11.1. The third-order valence-electron chi connectivity index (χ3n) is 3.70. The van der Waals surface area contributed by atoms with Crippen LogP contribution in [0, 0.1) is 17.8 Å². The molecule has 4 atom stereocenters. The number of hydrogen-bond donors (Lipinski definition) is 0. The Morgan fingerprint density at radius 2 is 2.23 bits per heavy atom. The van der Waals surface area contributed by atoms with Crippen molar-refractivity contribution in [3.63, 3.8) is 0 Å². The lowest BCUT2D eigenvalue weighted by Gasteiger charge is -2.23. The van der Waals surface area contributed by atoms with Gasteiger partial charge in [-0.3, -0.25) is 4.79 Å². The number of ether oxygens (including phenoxy) is 1. The van der Waals surface area contributed by atoms with Crippen LogP contribution in [-0.4, -0.2) is 18.5 Å². The molecule has 1 saturated carbocycles. The Labute approximate surface area is 78.0 Å². The van der Waals surface area contributed by atoms with Gasteiger partial charge in [-0.15, -0.1) is 0 Å². The van der Waals surface area contributed by atoms with Crippen LogP contribution in [0.25, 0.3) is 0 Å². The number of hydrogen-bond acceptors (Lipinski definition) is 2. The molecule has 2 bridgehead atoms. The highest BCUT2D eigenvalue weighted by Crippen LogP contribution is 2.46. The summed E-state index contributed by atoms with van der Waals surface area (Å²) >= 11 is 0. The van der Waals surface area contributed by atoms with Crippen LogP contribution < -0.4 is 0 Å². The lowest BCUT2D eigenvalue weighted by Crippen LogP contribution is -2.23. The predicted octanol–water partition coefficient (Wildman–Crippen LogP) is 1.56. The van der Waals surface area contributed by atoms with Crippen molar-refractivity contribution in [1.82, 2.24) is 0 Å². The average molecular weight is 178 g/mol. The van der Waals surface area contributed by atoms with E-state index in [1.54, 1.807) is 0 Å². The minimum atomic E-state index is 0.243. The molecule has 3 rings (SSSR count).